The number of cyclic esters (lactones) is 4. The van der Waals surface area contributed by atoms with Gasteiger partial charge in [0.15, 0.2) is 109 Å². The van der Waals surface area contributed by atoms with Crippen molar-refractivity contribution in [3.8, 4) is 108 Å². The summed E-state index contributed by atoms with van der Waals surface area (Å²) in [5.74, 6) is -9.26. The molecule has 0 bridgehead atoms. The number of oxime groups is 1. The molecule has 2 heterocycles. The Bertz CT molecular complexity index is 6380. The Morgan fingerprint density at radius 1 is 0.294 bits per heavy atom. The molecule has 0 N–H and O–H groups in total. The van der Waals surface area contributed by atoms with Crippen LogP contribution in [0.3, 0.4) is 0 Å². The normalized spacial score (nSPS) is 14.4. The predicted octanol–water partition coefficient (Wildman–Crippen LogP) is 20.1. The van der Waals surface area contributed by atoms with Crippen LogP contribution in [0, 0.1) is 0 Å². The zero-order valence-electron chi connectivity index (χ0n) is 80.0. The van der Waals surface area contributed by atoms with Crippen molar-refractivity contribution in [2.45, 2.75) is 98.0 Å². The van der Waals surface area contributed by atoms with Crippen LogP contribution in [0.5, 0.6) is 86.2 Å². The van der Waals surface area contributed by atoms with Crippen molar-refractivity contribution in [2.24, 2.45) is 5.16 Å². The van der Waals surface area contributed by atoms with Crippen molar-refractivity contribution in [1.29, 1.82) is 0 Å². The molecule has 4 atom stereocenters. The minimum atomic E-state index is -2.52. The monoisotopic (exact) mass is 1950 g/mol. The van der Waals surface area contributed by atoms with Crippen LogP contribution >= 0.6 is 0 Å². The van der Waals surface area contributed by atoms with Gasteiger partial charge in [-0.15, -0.1) is 0 Å². The molecule has 2 aliphatic heterocycles. The third kappa shape index (κ3) is 25.6. The first kappa shape index (κ1) is 101. The van der Waals surface area contributed by atoms with E-state index < -0.39 is 116 Å². The van der Waals surface area contributed by atoms with E-state index >= 15 is 24.0 Å². The molecule has 0 radical (unpaired) electrons. The maximum Gasteiger partial charge on any atom is 0.339 e. The molecule has 740 valence electrons. The standard InChI is InChI=1S/C112H107NO30/c1-9-124-87-55-83-94(104(126-11-3)98(87)125-10-2)93-81(54-88(129-61-74-40-24-14-25-41-74)99(131-63-76-44-28-16-29-45-76)105(93)134-66-79-50-34-19-35-51-79)109(115)135-67-92(141-108(114)80-52-85(127-59-72-36-20-12-21-37-72)97(130-62-75-42-26-15-27-43-75)86(53-80)128-60-73-38-22-13-23-39-73)103(143-112(83)118)102-91(58-113-123-8)140-110(116)82-56-89(136-68-119-4)100(132-64-77-46-30-17-31-47-77)106(138-70-121-6)95(82)96-84(111(117)142-102)57-90(137-69-120-5)101(107(96)139-71-122-7)133-65-78-48-32-18-33-49-78/h12-58,91-92,102-103H,9-11,59-71H2,1-8H3/b113-58+/t91-,92+,102+,103+/m0/s1. The van der Waals surface area contributed by atoms with Gasteiger partial charge in [-0.3, -0.25) is 0 Å². The summed E-state index contributed by atoms with van der Waals surface area (Å²) >= 11 is 0. The number of nitrogens with zero attached hydrogens (tertiary/aromatic N) is 1. The molecule has 0 aliphatic carbocycles. The molecular weight excluding hydrogens is 1840 g/mol. The van der Waals surface area contributed by atoms with Crippen LogP contribution in [0.25, 0.3) is 22.3 Å². The summed E-state index contributed by atoms with van der Waals surface area (Å²) in [7, 11) is 6.56. The van der Waals surface area contributed by atoms with E-state index in [1.807, 2.05) is 194 Å². The zero-order valence-corrected chi connectivity index (χ0v) is 80.0. The Labute approximate surface area is 826 Å². The van der Waals surface area contributed by atoms with E-state index in [0.29, 0.717) is 38.9 Å². The third-order valence-corrected chi connectivity index (χ3v) is 22.2. The van der Waals surface area contributed by atoms with Crippen LogP contribution in [0.15, 0.2) is 284 Å². The highest BCUT2D eigenvalue weighted by atomic mass is 16.7. The van der Waals surface area contributed by atoms with Crippen LogP contribution in [0.2, 0.25) is 0 Å². The number of fused-ring (bicyclic) bond motifs is 6. The Morgan fingerprint density at radius 2 is 0.559 bits per heavy atom. The largest absolute Gasteiger partial charge is 0.490 e. The average Bonchev–Trinajstić information content (AvgIpc) is 0.891. The van der Waals surface area contributed by atoms with Gasteiger partial charge in [-0.2, -0.15) is 0 Å². The Kier molecular flexibility index (Phi) is 35.9. The highest BCUT2D eigenvalue weighted by molar-refractivity contribution is 6.11. The third-order valence-electron chi connectivity index (χ3n) is 22.2. The molecule has 0 fully saturated rings. The number of rotatable bonds is 47. The number of carbonyl (C=O) groups is 5. The lowest BCUT2D eigenvalue weighted by Gasteiger charge is -2.36. The van der Waals surface area contributed by atoms with Crippen molar-refractivity contribution in [1.82, 2.24) is 0 Å². The van der Waals surface area contributed by atoms with Crippen molar-refractivity contribution in [3.63, 3.8) is 0 Å². The van der Waals surface area contributed by atoms with E-state index in [9.17, 15) is 0 Å². The fourth-order valence-corrected chi connectivity index (χ4v) is 15.6. The molecule has 0 spiro atoms. The minimum absolute atomic E-state index is 0.0364. The highest BCUT2D eigenvalue weighted by Gasteiger charge is 2.50. The summed E-state index contributed by atoms with van der Waals surface area (Å²) in [5, 5.41) is 4.21. The number of hydrogen-bond donors (Lipinski definition) is 0. The van der Waals surface area contributed by atoms with Gasteiger partial charge in [0.05, 0.1) is 53.9 Å². The molecule has 0 saturated carbocycles. The number of methoxy groups -OCH3 is 4. The summed E-state index contributed by atoms with van der Waals surface area (Å²) in [6.07, 6.45) is -8.72. The van der Waals surface area contributed by atoms with Gasteiger partial charge in [0.2, 0.25) is 28.7 Å². The zero-order chi connectivity index (χ0) is 99.6. The maximum absolute atomic E-state index is 17.7. The fraction of sp³-hybridized carbons (Fsp3) is 0.250. The van der Waals surface area contributed by atoms with E-state index in [2.05, 4.69) is 5.16 Å². The average molecular weight is 1950 g/mol. The summed E-state index contributed by atoms with van der Waals surface area (Å²) in [4.78, 5) is 91.8. The first-order chi connectivity index (χ1) is 70.2. The molecule has 15 rings (SSSR count). The Morgan fingerprint density at radius 3 is 0.902 bits per heavy atom. The molecule has 2 aliphatic rings. The van der Waals surface area contributed by atoms with Gasteiger partial charge in [-0.1, -0.05) is 248 Å². The van der Waals surface area contributed by atoms with Crippen LogP contribution in [0.4, 0.5) is 0 Å². The van der Waals surface area contributed by atoms with E-state index in [-0.39, 0.29) is 181 Å². The van der Waals surface area contributed by atoms with Gasteiger partial charge in [-0.05, 0) is 102 Å². The molecular formula is C112H107NO30. The lowest BCUT2D eigenvalue weighted by molar-refractivity contribution is -0.120. The van der Waals surface area contributed by atoms with Gasteiger partial charge in [0.1, 0.15) is 66.6 Å². The van der Waals surface area contributed by atoms with Gasteiger partial charge < -0.3 is 119 Å². The van der Waals surface area contributed by atoms with Gasteiger partial charge >= 0.3 is 29.8 Å². The summed E-state index contributed by atoms with van der Waals surface area (Å²) < 4.78 is 159. The number of hydrogen-bond acceptors (Lipinski definition) is 31. The van der Waals surface area contributed by atoms with E-state index in [1.165, 1.54) is 64.8 Å². The van der Waals surface area contributed by atoms with Crippen LogP contribution in [-0.2, 0) is 100 Å². The smallest absolute Gasteiger partial charge is 0.339 e. The highest BCUT2D eigenvalue weighted by Crippen LogP contribution is 2.59. The van der Waals surface area contributed by atoms with E-state index in [4.69, 9.17) is 119 Å². The van der Waals surface area contributed by atoms with Crippen molar-refractivity contribution in [2.75, 3.05) is 89.1 Å². The number of benzene rings is 13. The first-order valence-electron chi connectivity index (χ1n) is 46.0. The molecule has 13 aromatic carbocycles. The summed E-state index contributed by atoms with van der Waals surface area (Å²) in [5.41, 5.74) is 1.82. The molecule has 0 aromatic heterocycles. The summed E-state index contributed by atoms with van der Waals surface area (Å²) in [6.45, 7) is 0.197. The SMILES string of the molecule is CCOc1cc2c(c(OCC)c1OCC)-c1c(cc(OCc3ccccc3)c(OCc3ccccc3)c1OCc1ccccc1)C(=O)OC[C@@H](OC(=O)c1cc(OCc3ccccc3)c(OCc3ccccc3)c(OCc3ccccc3)c1)[C@H]([C@@H]1OC(=O)c3cc(OCOC)c(OCc4ccccc4)c(OCOC)c3-c3c(cc(OCOC)c(OCc4ccccc4)c3OCOC)C(=O)O[C@H]1/C=N/OC)OC2=O. The Balaban J connectivity index is 1.03. The van der Waals surface area contributed by atoms with E-state index in [0.717, 1.165) is 18.9 Å². The van der Waals surface area contributed by atoms with Crippen LogP contribution in [0.1, 0.15) is 117 Å². The second kappa shape index (κ2) is 50.9. The number of ether oxygens (including phenoxy) is 24. The van der Waals surface area contributed by atoms with Crippen LogP contribution in [-0.4, -0.2) is 150 Å². The number of carbonyl (C=O) groups excluding carboxylic acids is 5. The molecule has 31 nitrogen and oxygen atoms in total. The van der Waals surface area contributed by atoms with E-state index in [1.54, 1.807) is 69.3 Å². The molecule has 0 unspecified atom stereocenters. The second-order valence-electron chi connectivity index (χ2n) is 31.9. The van der Waals surface area contributed by atoms with Gasteiger partial charge in [-0.25, -0.2) is 24.0 Å². The lowest BCUT2D eigenvalue weighted by atomic mass is 9.91. The van der Waals surface area contributed by atoms with Crippen molar-refractivity contribution in [3.05, 3.63) is 351 Å². The minimum Gasteiger partial charge on any atom is -0.490 e. The quantitative estimate of drug-likeness (QED) is 0.0112. The van der Waals surface area contributed by atoms with Crippen molar-refractivity contribution < 1.29 is 142 Å². The molecule has 0 saturated heterocycles. The second-order valence-corrected chi connectivity index (χ2v) is 31.9. The fourth-order valence-electron chi connectivity index (χ4n) is 15.6. The first-order valence-corrected chi connectivity index (χ1v) is 46.0. The Hall–Kier alpha value is -16.5. The summed E-state index contributed by atoms with van der Waals surface area (Å²) in [6, 6.07) is 81.0. The molecule has 13 aromatic rings. The topological polar surface area (TPSA) is 328 Å². The van der Waals surface area contributed by atoms with Gasteiger partial charge in [0, 0.05) is 50.7 Å². The lowest BCUT2D eigenvalue weighted by Crippen LogP contribution is -2.54. The predicted molar refractivity (Wildman–Crippen MR) is 523 cm³/mol. The maximum atomic E-state index is 17.7. The molecule has 0 amide bonds. The molecule has 143 heavy (non-hydrogen) atoms. The van der Waals surface area contributed by atoms with Gasteiger partial charge in [0.25, 0.3) is 0 Å². The van der Waals surface area contributed by atoms with Crippen LogP contribution < -0.4 is 71.1 Å². The number of esters is 5. The molecule has 31 heteroatoms. The van der Waals surface area contributed by atoms with Crippen molar-refractivity contribution >= 4 is 36.1 Å².